The zero-order valence-electron chi connectivity index (χ0n) is 8.83. The lowest BCUT2D eigenvalue weighted by atomic mass is 10.1. The van der Waals surface area contributed by atoms with Crippen molar-refractivity contribution in [3.63, 3.8) is 0 Å². The molecule has 0 atom stereocenters. The number of hydrogen-bond donors (Lipinski definition) is 2. The lowest BCUT2D eigenvalue weighted by Crippen LogP contribution is -2.03. The second kappa shape index (κ2) is 3.82. The zero-order valence-corrected chi connectivity index (χ0v) is 8.83. The summed E-state index contributed by atoms with van der Waals surface area (Å²) in [6.45, 7) is 0. The van der Waals surface area contributed by atoms with E-state index in [9.17, 15) is 5.11 Å². The van der Waals surface area contributed by atoms with Crippen molar-refractivity contribution in [3.05, 3.63) is 36.6 Å². The number of imidazole rings is 1. The number of hydrogen-bond acceptors (Lipinski definition) is 5. The highest BCUT2D eigenvalue weighted by atomic mass is 16.3. The number of fused-ring (bicyclic) bond motifs is 1. The van der Waals surface area contributed by atoms with Gasteiger partial charge in [0.25, 0.3) is 0 Å². The van der Waals surface area contributed by atoms with Gasteiger partial charge in [0, 0.05) is 6.42 Å². The lowest BCUT2D eigenvalue weighted by Gasteiger charge is -2.05. The molecule has 2 heterocycles. The average Bonchev–Trinajstić information content (AvgIpc) is 2.81. The monoisotopic (exact) mass is 227 g/mol. The highest BCUT2D eigenvalue weighted by Crippen LogP contribution is 2.20. The Balaban J connectivity index is 2.11. The van der Waals surface area contributed by atoms with Gasteiger partial charge in [-0.15, -0.1) is 0 Å². The summed E-state index contributed by atoms with van der Waals surface area (Å²) in [5, 5.41) is 9.66. The fourth-order valence-corrected chi connectivity index (χ4v) is 1.61. The van der Waals surface area contributed by atoms with E-state index < -0.39 is 0 Å². The number of aromatic nitrogens is 4. The fourth-order valence-electron chi connectivity index (χ4n) is 1.61. The third kappa shape index (κ3) is 1.69. The first-order chi connectivity index (χ1) is 8.34. The van der Waals surface area contributed by atoms with Crippen LogP contribution in [-0.2, 0) is 0 Å². The minimum atomic E-state index is 0.166. The standard InChI is InChI=1S/C11H9N5O/c17-8-4-2-1-3-7(8)16-11-9-10(13-5-12-9)14-6-15-11/h1-2,4-6,17H,3H2,(H,12,13,14,15). The van der Waals surface area contributed by atoms with Gasteiger partial charge in [-0.05, 0) is 6.08 Å². The molecular formula is C11H9N5O. The third-order valence-corrected chi connectivity index (χ3v) is 2.44. The number of H-pyrrole nitrogens is 1. The molecule has 6 nitrogen and oxygen atoms in total. The van der Waals surface area contributed by atoms with Gasteiger partial charge in [0.1, 0.15) is 17.6 Å². The van der Waals surface area contributed by atoms with Crippen molar-refractivity contribution in [1.82, 2.24) is 19.9 Å². The molecule has 0 fully saturated rings. The summed E-state index contributed by atoms with van der Waals surface area (Å²) in [6, 6.07) is 0. The van der Waals surface area contributed by atoms with E-state index >= 15 is 0 Å². The quantitative estimate of drug-likeness (QED) is 0.777. The van der Waals surface area contributed by atoms with E-state index in [0.29, 0.717) is 29.1 Å². The van der Waals surface area contributed by atoms with E-state index in [4.69, 9.17) is 0 Å². The summed E-state index contributed by atoms with van der Waals surface area (Å²) in [5.74, 6) is 0.650. The van der Waals surface area contributed by atoms with Crippen LogP contribution in [0.3, 0.4) is 0 Å². The summed E-state index contributed by atoms with van der Waals surface area (Å²) in [4.78, 5) is 19.4. The van der Waals surface area contributed by atoms with Crippen molar-refractivity contribution >= 4 is 22.7 Å². The van der Waals surface area contributed by atoms with E-state index in [1.54, 1.807) is 18.5 Å². The smallest absolute Gasteiger partial charge is 0.182 e. The van der Waals surface area contributed by atoms with Gasteiger partial charge in [0.15, 0.2) is 11.5 Å². The number of nitrogens with zero attached hydrogens (tertiary/aromatic N) is 4. The van der Waals surface area contributed by atoms with Crippen LogP contribution < -0.4 is 0 Å². The maximum absolute atomic E-state index is 9.66. The molecule has 2 N–H and O–H groups in total. The van der Waals surface area contributed by atoms with Crippen LogP contribution in [-0.4, -0.2) is 30.8 Å². The molecule has 0 spiro atoms. The molecular weight excluding hydrogens is 218 g/mol. The number of aliphatic hydroxyl groups is 1. The van der Waals surface area contributed by atoms with E-state index in [-0.39, 0.29) is 5.76 Å². The van der Waals surface area contributed by atoms with Gasteiger partial charge in [-0.25, -0.2) is 19.9 Å². The van der Waals surface area contributed by atoms with Crippen LogP contribution in [0.5, 0.6) is 0 Å². The topological polar surface area (TPSA) is 87.1 Å². The van der Waals surface area contributed by atoms with Gasteiger partial charge in [-0.1, -0.05) is 12.2 Å². The summed E-state index contributed by atoms with van der Waals surface area (Å²) in [7, 11) is 0. The average molecular weight is 227 g/mol. The maximum atomic E-state index is 9.66. The normalized spacial score (nSPS) is 17.6. The highest BCUT2D eigenvalue weighted by molar-refractivity contribution is 6.02. The van der Waals surface area contributed by atoms with E-state index in [2.05, 4.69) is 24.9 Å². The van der Waals surface area contributed by atoms with Crippen LogP contribution in [0.25, 0.3) is 11.2 Å². The van der Waals surface area contributed by atoms with Gasteiger partial charge in [-0.2, -0.15) is 0 Å². The molecule has 0 radical (unpaired) electrons. The van der Waals surface area contributed by atoms with Gasteiger partial charge in [-0.3, -0.25) is 0 Å². The van der Waals surface area contributed by atoms with Gasteiger partial charge >= 0.3 is 0 Å². The second-order valence-corrected chi connectivity index (χ2v) is 3.54. The number of aliphatic imine (C=N–C) groups is 1. The summed E-state index contributed by atoms with van der Waals surface area (Å²) in [5.41, 5.74) is 1.82. The highest BCUT2D eigenvalue weighted by Gasteiger charge is 2.10. The van der Waals surface area contributed by atoms with Gasteiger partial charge < -0.3 is 10.1 Å². The molecule has 0 aliphatic heterocycles. The number of nitrogens with one attached hydrogen (secondary N) is 1. The minimum Gasteiger partial charge on any atom is -0.506 e. The third-order valence-electron chi connectivity index (χ3n) is 2.44. The van der Waals surface area contributed by atoms with E-state index in [1.165, 1.54) is 6.33 Å². The van der Waals surface area contributed by atoms with Gasteiger partial charge in [0.2, 0.25) is 0 Å². The molecule has 1 aliphatic rings. The van der Waals surface area contributed by atoms with E-state index in [0.717, 1.165) is 0 Å². The van der Waals surface area contributed by atoms with Crippen LogP contribution in [0.4, 0.5) is 5.82 Å². The SMILES string of the molecule is OC1=CC=CCC1=Nc1ncnc2nc[nH]c12. The molecule has 17 heavy (non-hydrogen) atoms. The maximum Gasteiger partial charge on any atom is 0.182 e. The first-order valence-electron chi connectivity index (χ1n) is 5.12. The summed E-state index contributed by atoms with van der Waals surface area (Å²) in [6.07, 6.45) is 8.85. The molecule has 84 valence electrons. The molecule has 1 aliphatic carbocycles. The zero-order chi connectivity index (χ0) is 11.7. The Hall–Kier alpha value is -2.50. The summed E-state index contributed by atoms with van der Waals surface area (Å²) >= 11 is 0. The number of rotatable bonds is 1. The Kier molecular flexibility index (Phi) is 2.18. The fraction of sp³-hybridized carbons (Fsp3) is 0.0909. The molecule has 0 saturated carbocycles. The first-order valence-corrected chi connectivity index (χ1v) is 5.12. The summed E-state index contributed by atoms with van der Waals surface area (Å²) < 4.78 is 0. The Bertz CT molecular complexity index is 653. The Morgan fingerprint density at radius 1 is 1.29 bits per heavy atom. The largest absolute Gasteiger partial charge is 0.506 e. The van der Waals surface area contributed by atoms with Crippen molar-refractivity contribution < 1.29 is 5.11 Å². The predicted octanol–water partition coefficient (Wildman–Crippen LogP) is 1.83. The van der Waals surface area contributed by atoms with E-state index in [1.807, 2.05) is 6.08 Å². The molecule has 0 bridgehead atoms. The van der Waals surface area contributed by atoms with Gasteiger partial charge in [0.05, 0.1) is 12.0 Å². The van der Waals surface area contributed by atoms with Crippen LogP contribution in [0.1, 0.15) is 6.42 Å². The number of aliphatic hydroxyl groups excluding tert-OH is 1. The molecule has 0 unspecified atom stereocenters. The van der Waals surface area contributed by atoms with Crippen molar-refractivity contribution in [2.24, 2.45) is 4.99 Å². The Morgan fingerprint density at radius 2 is 2.24 bits per heavy atom. The number of allylic oxidation sites excluding steroid dienone is 4. The lowest BCUT2D eigenvalue weighted by molar-refractivity contribution is 0.441. The molecule has 2 aromatic heterocycles. The molecule has 0 aromatic carbocycles. The molecule has 6 heteroatoms. The molecule has 3 rings (SSSR count). The van der Waals surface area contributed by atoms with Crippen LogP contribution in [0.2, 0.25) is 0 Å². The van der Waals surface area contributed by atoms with Crippen molar-refractivity contribution in [2.45, 2.75) is 6.42 Å². The van der Waals surface area contributed by atoms with Crippen LogP contribution in [0.15, 0.2) is 41.6 Å². The molecule has 0 amide bonds. The minimum absolute atomic E-state index is 0.166. The molecule has 0 saturated heterocycles. The first kappa shape index (κ1) is 9.71. The van der Waals surface area contributed by atoms with Crippen molar-refractivity contribution in [1.29, 1.82) is 0 Å². The van der Waals surface area contributed by atoms with Crippen LogP contribution >= 0.6 is 0 Å². The second-order valence-electron chi connectivity index (χ2n) is 3.54. The van der Waals surface area contributed by atoms with Crippen molar-refractivity contribution in [3.8, 4) is 0 Å². The van der Waals surface area contributed by atoms with Crippen molar-refractivity contribution in [2.75, 3.05) is 0 Å². The predicted molar refractivity (Wildman–Crippen MR) is 63.2 cm³/mol. The van der Waals surface area contributed by atoms with Crippen LogP contribution in [0, 0.1) is 0 Å². The Morgan fingerprint density at radius 3 is 3.12 bits per heavy atom. The Labute approximate surface area is 96.5 Å². The molecule has 2 aromatic rings. The number of aromatic amines is 1.